The molecule has 2 heterocycles. The van der Waals surface area contributed by atoms with E-state index in [-0.39, 0.29) is 0 Å². The van der Waals surface area contributed by atoms with Crippen molar-refractivity contribution >= 4 is 40.2 Å². The van der Waals surface area contributed by atoms with Gasteiger partial charge in [0.05, 0.1) is 17.7 Å². The summed E-state index contributed by atoms with van der Waals surface area (Å²) >= 11 is 13.4. The van der Waals surface area contributed by atoms with E-state index >= 15 is 0 Å². The van der Waals surface area contributed by atoms with Gasteiger partial charge in [-0.3, -0.25) is 4.98 Å². The fraction of sp³-hybridized carbons (Fsp3) is 0.200. The number of aryl methyl sites for hydroxylation is 1. The van der Waals surface area contributed by atoms with Gasteiger partial charge in [-0.2, -0.15) is 0 Å². The standard InChI is InChI=1S/C10H9Cl2N3S/c1-6-2-8(11)15-10(12)9(6)14-4-7-3-13-5-16-7/h2-3,5,14H,4H2,1H3. The maximum Gasteiger partial charge on any atom is 0.154 e. The summed E-state index contributed by atoms with van der Waals surface area (Å²) in [5, 5.41) is 4.03. The molecule has 0 aliphatic rings. The van der Waals surface area contributed by atoms with Gasteiger partial charge < -0.3 is 5.32 Å². The van der Waals surface area contributed by atoms with Crippen LogP contribution in [0.15, 0.2) is 17.8 Å². The average molecular weight is 274 g/mol. The van der Waals surface area contributed by atoms with Crippen LogP contribution in [0, 0.1) is 6.92 Å². The first-order valence-electron chi connectivity index (χ1n) is 4.60. The van der Waals surface area contributed by atoms with Crippen molar-refractivity contribution in [2.75, 3.05) is 5.32 Å². The Bertz CT molecular complexity index is 462. The number of hydrogen-bond acceptors (Lipinski definition) is 4. The Kier molecular flexibility index (Phi) is 3.63. The van der Waals surface area contributed by atoms with E-state index in [2.05, 4.69) is 15.3 Å². The highest BCUT2D eigenvalue weighted by Crippen LogP contribution is 2.27. The third kappa shape index (κ3) is 2.64. The van der Waals surface area contributed by atoms with Crippen molar-refractivity contribution < 1.29 is 0 Å². The number of nitrogens with one attached hydrogen (secondary N) is 1. The molecule has 3 nitrogen and oxygen atoms in total. The summed E-state index contributed by atoms with van der Waals surface area (Å²) in [5.41, 5.74) is 3.60. The van der Waals surface area contributed by atoms with Crippen LogP contribution >= 0.6 is 34.5 Å². The Balaban J connectivity index is 2.15. The van der Waals surface area contributed by atoms with E-state index in [1.807, 2.05) is 13.1 Å². The van der Waals surface area contributed by atoms with Crippen molar-refractivity contribution in [1.82, 2.24) is 9.97 Å². The van der Waals surface area contributed by atoms with Gasteiger partial charge in [0.25, 0.3) is 0 Å². The normalized spacial score (nSPS) is 10.4. The number of anilines is 1. The second-order valence-corrected chi connectivity index (χ2v) is 4.97. The number of halogens is 2. The zero-order chi connectivity index (χ0) is 11.5. The predicted molar refractivity (Wildman–Crippen MR) is 68.4 cm³/mol. The van der Waals surface area contributed by atoms with E-state index in [9.17, 15) is 0 Å². The van der Waals surface area contributed by atoms with Crippen LogP contribution in [0.25, 0.3) is 0 Å². The fourth-order valence-corrected chi connectivity index (χ4v) is 2.45. The molecule has 0 spiro atoms. The molecule has 16 heavy (non-hydrogen) atoms. The molecule has 0 saturated carbocycles. The van der Waals surface area contributed by atoms with Crippen LogP contribution in [0.3, 0.4) is 0 Å². The molecule has 0 aromatic carbocycles. The molecule has 2 rings (SSSR count). The second-order valence-electron chi connectivity index (χ2n) is 3.25. The minimum Gasteiger partial charge on any atom is -0.377 e. The maximum absolute atomic E-state index is 6.00. The van der Waals surface area contributed by atoms with Gasteiger partial charge in [-0.15, -0.1) is 11.3 Å². The topological polar surface area (TPSA) is 37.8 Å². The summed E-state index contributed by atoms with van der Waals surface area (Å²) in [6.07, 6.45) is 1.82. The summed E-state index contributed by atoms with van der Waals surface area (Å²) < 4.78 is 0. The van der Waals surface area contributed by atoms with Crippen molar-refractivity contribution in [2.45, 2.75) is 13.5 Å². The van der Waals surface area contributed by atoms with Crippen molar-refractivity contribution in [3.05, 3.63) is 38.5 Å². The lowest BCUT2D eigenvalue weighted by molar-refractivity contribution is 1.14. The SMILES string of the molecule is Cc1cc(Cl)nc(Cl)c1NCc1cncs1. The number of rotatable bonds is 3. The molecule has 0 saturated heterocycles. The molecule has 6 heteroatoms. The van der Waals surface area contributed by atoms with Crippen molar-refractivity contribution in [1.29, 1.82) is 0 Å². The molecule has 0 radical (unpaired) electrons. The van der Waals surface area contributed by atoms with Crippen LogP contribution in [0.2, 0.25) is 10.3 Å². The molecule has 0 unspecified atom stereocenters. The average Bonchev–Trinajstić information content (AvgIpc) is 2.68. The molecule has 0 atom stereocenters. The highest BCUT2D eigenvalue weighted by atomic mass is 35.5. The fourth-order valence-electron chi connectivity index (χ4n) is 1.31. The first kappa shape index (κ1) is 11.6. The highest BCUT2D eigenvalue weighted by molar-refractivity contribution is 7.09. The minimum absolute atomic E-state index is 0.398. The molecule has 1 N–H and O–H groups in total. The van der Waals surface area contributed by atoms with E-state index in [0.717, 1.165) is 16.1 Å². The van der Waals surface area contributed by atoms with Gasteiger partial charge in [0.15, 0.2) is 5.15 Å². The summed E-state index contributed by atoms with van der Waals surface area (Å²) in [5.74, 6) is 0. The molecule has 0 bridgehead atoms. The molecular weight excluding hydrogens is 265 g/mol. The smallest absolute Gasteiger partial charge is 0.154 e. The monoisotopic (exact) mass is 273 g/mol. The molecule has 0 amide bonds. The van der Waals surface area contributed by atoms with Gasteiger partial charge >= 0.3 is 0 Å². The van der Waals surface area contributed by atoms with Crippen LogP contribution in [-0.2, 0) is 6.54 Å². The number of thiazole rings is 1. The molecule has 0 aliphatic carbocycles. The van der Waals surface area contributed by atoms with Gasteiger partial charge in [-0.25, -0.2) is 4.98 Å². The van der Waals surface area contributed by atoms with Crippen molar-refractivity contribution in [3.8, 4) is 0 Å². The Labute approximate surface area is 107 Å². The lowest BCUT2D eigenvalue weighted by Crippen LogP contribution is -2.01. The van der Waals surface area contributed by atoms with E-state index in [1.165, 1.54) is 0 Å². The summed E-state index contributed by atoms with van der Waals surface area (Å²) in [4.78, 5) is 9.14. The van der Waals surface area contributed by atoms with Gasteiger partial charge in [-0.05, 0) is 18.6 Å². The maximum atomic E-state index is 6.00. The molecule has 0 fully saturated rings. The van der Waals surface area contributed by atoms with Gasteiger partial charge in [0.2, 0.25) is 0 Å². The zero-order valence-corrected chi connectivity index (χ0v) is 10.8. The molecule has 0 aliphatic heterocycles. The number of pyridine rings is 1. The molecule has 2 aromatic heterocycles. The Hall–Kier alpha value is -0.840. The summed E-state index contributed by atoms with van der Waals surface area (Å²) in [6.45, 7) is 2.63. The van der Waals surface area contributed by atoms with E-state index in [1.54, 1.807) is 22.9 Å². The van der Waals surface area contributed by atoms with Gasteiger partial charge in [0.1, 0.15) is 5.15 Å². The van der Waals surface area contributed by atoms with Crippen molar-refractivity contribution in [2.24, 2.45) is 0 Å². The van der Waals surface area contributed by atoms with Crippen LogP contribution in [0.4, 0.5) is 5.69 Å². The van der Waals surface area contributed by atoms with Gasteiger partial charge in [0, 0.05) is 11.1 Å². The van der Waals surface area contributed by atoms with Gasteiger partial charge in [-0.1, -0.05) is 23.2 Å². The third-order valence-corrected chi connectivity index (χ3v) is 3.31. The van der Waals surface area contributed by atoms with E-state index < -0.39 is 0 Å². The van der Waals surface area contributed by atoms with Crippen LogP contribution in [-0.4, -0.2) is 9.97 Å². The van der Waals surface area contributed by atoms with Crippen molar-refractivity contribution in [3.63, 3.8) is 0 Å². The lowest BCUT2D eigenvalue weighted by Gasteiger charge is -2.10. The highest BCUT2D eigenvalue weighted by Gasteiger charge is 2.07. The Morgan fingerprint density at radius 1 is 1.44 bits per heavy atom. The number of nitrogens with zero attached hydrogens (tertiary/aromatic N) is 2. The first-order chi connectivity index (χ1) is 7.66. The van der Waals surface area contributed by atoms with E-state index in [0.29, 0.717) is 16.9 Å². The van der Waals surface area contributed by atoms with Crippen LogP contribution < -0.4 is 5.32 Å². The predicted octanol–water partition coefficient (Wildman–Crippen LogP) is 3.77. The quantitative estimate of drug-likeness (QED) is 0.866. The van der Waals surface area contributed by atoms with E-state index in [4.69, 9.17) is 23.2 Å². The summed E-state index contributed by atoms with van der Waals surface area (Å²) in [7, 11) is 0. The molecule has 2 aromatic rings. The minimum atomic E-state index is 0.398. The Morgan fingerprint density at radius 2 is 2.25 bits per heavy atom. The lowest BCUT2D eigenvalue weighted by atomic mass is 10.2. The molecular formula is C10H9Cl2N3S. The largest absolute Gasteiger partial charge is 0.377 e. The second kappa shape index (κ2) is 4.99. The molecule has 84 valence electrons. The number of aromatic nitrogens is 2. The zero-order valence-electron chi connectivity index (χ0n) is 8.50. The third-order valence-electron chi connectivity index (χ3n) is 2.06. The Morgan fingerprint density at radius 3 is 2.88 bits per heavy atom. The number of hydrogen-bond donors (Lipinski definition) is 1. The van der Waals surface area contributed by atoms with Crippen LogP contribution in [0.5, 0.6) is 0 Å². The van der Waals surface area contributed by atoms with Crippen LogP contribution in [0.1, 0.15) is 10.4 Å². The summed E-state index contributed by atoms with van der Waals surface area (Å²) in [6, 6.07) is 1.78. The first-order valence-corrected chi connectivity index (χ1v) is 6.24.